The second kappa shape index (κ2) is 8.77. The molecule has 142 valence electrons. The molecule has 0 aliphatic carbocycles. The van der Waals surface area contributed by atoms with Gasteiger partial charge < -0.3 is 16.0 Å². The molecule has 0 spiro atoms. The summed E-state index contributed by atoms with van der Waals surface area (Å²) in [4.78, 5) is 24.4. The molecule has 2 aromatic rings. The third-order valence-electron chi connectivity index (χ3n) is 4.78. The fourth-order valence-corrected chi connectivity index (χ4v) is 3.21. The Bertz CT molecular complexity index is 790. The Morgan fingerprint density at radius 1 is 1.11 bits per heavy atom. The zero-order chi connectivity index (χ0) is 19.2. The van der Waals surface area contributed by atoms with E-state index in [2.05, 4.69) is 22.9 Å². The first-order valence-corrected chi connectivity index (χ1v) is 9.18. The topological polar surface area (TPSA) is 70.2 Å². The van der Waals surface area contributed by atoms with Crippen LogP contribution in [0.25, 0.3) is 0 Å². The third kappa shape index (κ3) is 5.37. The van der Waals surface area contributed by atoms with E-state index < -0.39 is 0 Å². The van der Waals surface area contributed by atoms with Gasteiger partial charge in [0.2, 0.25) is 5.91 Å². The van der Waals surface area contributed by atoms with E-state index in [9.17, 15) is 14.0 Å². The van der Waals surface area contributed by atoms with Gasteiger partial charge in [0.25, 0.3) is 5.91 Å². The summed E-state index contributed by atoms with van der Waals surface area (Å²) in [6.45, 7) is 3.43. The van der Waals surface area contributed by atoms with Crippen molar-refractivity contribution in [1.82, 2.24) is 10.6 Å². The molecular weight excluding hydrogens is 345 g/mol. The molecule has 0 unspecified atom stereocenters. The van der Waals surface area contributed by atoms with E-state index in [-0.39, 0.29) is 23.5 Å². The fourth-order valence-electron chi connectivity index (χ4n) is 3.21. The van der Waals surface area contributed by atoms with Crippen LogP contribution in [0.1, 0.15) is 35.7 Å². The SMILES string of the molecule is C[C@H]1C[C@@H](C(=O)NCc2ccc(NC(=O)c3ccc(F)cc3)cc2)CCN1. The van der Waals surface area contributed by atoms with Gasteiger partial charge in [-0.15, -0.1) is 0 Å². The predicted octanol–water partition coefficient (Wildman–Crippen LogP) is 3.08. The maximum Gasteiger partial charge on any atom is 0.255 e. The Morgan fingerprint density at radius 3 is 2.48 bits per heavy atom. The maximum absolute atomic E-state index is 12.9. The zero-order valence-electron chi connectivity index (χ0n) is 15.3. The van der Waals surface area contributed by atoms with E-state index in [0.29, 0.717) is 23.8 Å². The first-order chi connectivity index (χ1) is 13.0. The first kappa shape index (κ1) is 19.0. The molecule has 3 rings (SSSR count). The van der Waals surface area contributed by atoms with Gasteiger partial charge >= 0.3 is 0 Å². The van der Waals surface area contributed by atoms with Crippen LogP contribution in [0.5, 0.6) is 0 Å². The van der Waals surface area contributed by atoms with Crippen LogP contribution < -0.4 is 16.0 Å². The Morgan fingerprint density at radius 2 is 1.81 bits per heavy atom. The van der Waals surface area contributed by atoms with Gasteiger partial charge in [0.15, 0.2) is 0 Å². The minimum atomic E-state index is -0.378. The predicted molar refractivity (Wildman–Crippen MR) is 103 cm³/mol. The van der Waals surface area contributed by atoms with E-state index in [1.807, 2.05) is 12.1 Å². The molecule has 1 aliphatic heterocycles. The standard InChI is InChI=1S/C21H24FN3O2/c1-14-12-17(10-11-23-14)20(26)24-13-15-2-8-19(9-3-15)25-21(27)16-4-6-18(22)7-5-16/h2-9,14,17,23H,10-13H2,1H3,(H,24,26)(H,25,27)/t14-,17-/m0/s1. The lowest BCUT2D eigenvalue weighted by Gasteiger charge is -2.27. The summed E-state index contributed by atoms with van der Waals surface area (Å²) in [6, 6.07) is 13.1. The molecule has 1 aliphatic rings. The summed E-state index contributed by atoms with van der Waals surface area (Å²) in [7, 11) is 0. The van der Waals surface area contributed by atoms with Crippen LogP contribution in [-0.4, -0.2) is 24.4 Å². The van der Waals surface area contributed by atoms with Crippen molar-refractivity contribution in [3.8, 4) is 0 Å². The van der Waals surface area contributed by atoms with Gasteiger partial charge in [-0.1, -0.05) is 12.1 Å². The van der Waals surface area contributed by atoms with Crippen molar-refractivity contribution in [1.29, 1.82) is 0 Å². The van der Waals surface area contributed by atoms with Crippen molar-refractivity contribution in [3.63, 3.8) is 0 Å². The van der Waals surface area contributed by atoms with E-state index in [1.165, 1.54) is 24.3 Å². The first-order valence-electron chi connectivity index (χ1n) is 9.18. The molecule has 1 heterocycles. The van der Waals surface area contributed by atoms with Gasteiger partial charge in [0, 0.05) is 29.8 Å². The van der Waals surface area contributed by atoms with Crippen LogP contribution in [0.3, 0.4) is 0 Å². The Kier molecular flexibility index (Phi) is 6.19. The van der Waals surface area contributed by atoms with Crippen LogP contribution in [0.2, 0.25) is 0 Å². The van der Waals surface area contributed by atoms with E-state index >= 15 is 0 Å². The highest BCUT2D eigenvalue weighted by Gasteiger charge is 2.24. The van der Waals surface area contributed by atoms with Gasteiger partial charge in [-0.25, -0.2) is 4.39 Å². The molecule has 2 amide bonds. The third-order valence-corrected chi connectivity index (χ3v) is 4.78. The second-order valence-corrected chi connectivity index (χ2v) is 6.95. The average molecular weight is 369 g/mol. The van der Waals surface area contributed by atoms with Gasteiger partial charge in [-0.2, -0.15) is 0 Å². The number of benzene rings is 2. The molecule has 0 radical (unpaired) electrons. The number of anilines is 1. The Hall–Kier alpha value is -2.73. The van der Waals surface area contributed by atoms with E-state index in [0.717, 1.165) is 24.9 Å². The number of rotatable bonds is 5. The highest BCUT2D eigenvalue weighted by molar-refractivity contribution is 6.04. The van der Waals surface area contributed by atoms with E-state index in [1.54, 1.807) is 12.1 Å². The van der Waals surface area contributed by atoms with Crippen molar-refractivity contribution >= 4 is 17.5 Å². The normalized spacial score (nSPS) is 19.3. The molecule has 6 heteroatoms. The van der Waals surface area contributed by atoms with Crippen molar-refractivity contribution in [2.45, 2.75) is 32.4 Å². The van der Waals surface area contributed by atoms with Crippen molar-refractivity contribution < 1.29 is 14.0 Å². The lowest BCUT2D eigenvalue weighted by atomic mass is 9.92. The lowest BCUT2D eigenvalue weighted by molar-refractivity contribution is -0.126. The summed E-state index contributed by atoms with van der Waals surface area (Å²) >= 11 is 0. The number of halogens is 1. The quantitative estimate of drug-likeness (QED) is 0.759. The smallest absolute Gasteiger partial charge is 0.255 e. The number of nitrogens with one attached hydrogen (secondary N) is 3. The van der Waals surface area contributed by atoms with Gasteiger partial charge in [-0.3, -0.25) is 9.59 Å². The van der Waals surface area contributed by atoms with Gasteiger partial charge in [0.1, 0.15) is 5.82 Å². The van der Waals surface area contributed by atoms with Crippen molar-refractivity contribution in [2.24, 2.45) is 5.92 Å². The molecule has 27 heavy (non-hydrogen) atoms. The van der Waals surface area contributed by atoms with Gasteiger partial charge in [0.05, 0.1) is 0 Å². The molecule has 2 aromatic carbocycles. The number of carbonyl (C=O) groups excluding carboxylic acids is 2. The largest absolute Gasteiger partial charge is 0.352 e. The molecule has 1 saturated heterocycles. The molecule has 0 aromatic heterocycles. The minimum Gasteiger partial charge on any atom is -0.352 e. The monoisotopic (exact) mass is 369 g/mol. The Balaban J connectivity index is 1.50. The van der Waals surface area contributed by atoms with Crippen molar-refractivity contribution in [3.05, 3.63) is 65.5 Å². The number of hydrogen-bond acceptors (Lipinski definition) is 3. The van der Waals surface area contributed by atoms with Crippen LogP contribution in [0.4, 0.5) is 10.1 Å². The molecular formula is C21H24FN3O2. The summed E-state index contributed by atoms with van der Waals surface area (Å²) < 4.78 is 12.9. The molecule has 5 nitrogen and oxygen atoms in total. The number of hydrogen-bond donors (Lipinski definition) is 3. The summed E-state index contributed by atoms with van der Waals surface area (Å²) in [5.74, 6) is -0.513. The highest BCUT2D eigenvalue weighted by Crippen LogP contribution is 2.17. The molecule has 0 bridgehead atoms. The van der Waals surface area contributed by atoms with E-state index in [4.69, 9.17) is 0 Å². The maximum atomic E-state index is 12.9. The number of piperidine rings is 1. The minimum absolute atomic E-state index is 0.0653. The van der Waals surface area contributed by atoms with Crippen LogP contribution in [0.15, 0.2) is 48.5 Å². The van der Waals surface area contributed by atoms with Crippen molar-refractivity contribution in [2.75, 3.05) is 11.9 Å². The average Bonchev–Trinajstić information content (AvgIpc) is 2.67. The fraction of sp³-hybridized carbons (Fsp3) is 0.333. The molecule has 3 N–H and O–H groups in total. The molecule has 1 fully saturated rings. The van der Waals surface area contributed by atoms with Crippen LogP contribution in [0, 0.1) is 11.7 Å². The zero-order valence-corrected chi connectivity index (χ0v) is 15.3. The second-order valence-electron chi connectivity index (χ2n) is 6.95. The van der Waals surface area contributed by atoms with Crippen LogP contribution in [-0.2, 0) is 11.3 Å². The summed E-state index contributed by atoms with van der Waals surface area (Å²) in [5.41, 5.74) is 2.00. The lowest BCUT2D eigenvalue weighted by Crippen LogP contribution is -2.42. The highest BCUT2D eigenvalue weighted by atomic mass is 19.1. The summed E-state index contributed by atoms with van der Waals surface area (Å²) in [5, 5.41) is 9.11. The van der Waals surface area contributed by atoms with Crippen LogP contribution >= 0.6 is 0 Å². The molecule has 2 atom stereocenters. The van der Waals surface area contributed by atoms with Gasteiger partial charge in [-0.05, 0) is 68.3 Å². The number of amides is 2. The number of carbonyl (C=O) groups is 2. The molecule has 0 saturated carbocycles. The Labute approximate surface area is 158 Å². The summed E-state index contributed by atoms with van der Waals surface area (Å²) in [6.07, 6.45) is 1.73.